The van der Waals surface area contributed by atoms with Gasteiger partial charge in [-0.05, 0) is 44.0 Å². The summed E-state index contributed by atoms with van der Waals surface area (Å²) in [6.45, 7) is 5.67. The molecule has 2 aromatic carbocycles. The number of hydrogen-bond donors (Lipinski definition) is 2. The fourth-order valence-corrected chi connectivity index (χ4v) is 3.23. The fourth-order valence-electron chi connectivity index (χ4n) is 3.23. The Kier molecular flexibility index (Phi) is 6.61. The number of esters is 1. The number of carbonyl (C=O) groups is 2. The topological polar surface area (TPSA) is 85.9 Å². The van der Waals surface area contributed by atoms with E-state index in [0.29, 0.717) is 28.3 Å². The number of benzene rings is 2. The third kappa shape index (κ3) is 4.92. The van der Waals surface area contributed by atoms with Crippen LogP contribution in [-0.4, -0.2) is 25.2 Å². The molecule has 0 aromatic heterocycles. The monoisotopic (exact) mass is 410 g/mol. The standard InChI is InChI=1S/C23H26N2O5/c1-14(2)30-18-11-10-17(12-19(18)28-4)21-20(15(3)24-23(27)25-21)22(26)29-13-16-8-6-5-7-9-16/h5-12,14,21H,13H2,1-4H3,(H2,24,25,27). The molecule has 0 bridgehead atoms. The van der Waals surface area contributed by atoms with Crippen LogP contribution >= 0.6 is 0 Å². The molecule has 2 amide bonds. The third-order valence-corrected chi connectivity index (χ3v) is 4.59. The number of methoxy groups -OCH3 is 1. The van der Waals surface area contributed by atoms with Gasteiger partial charge in [0.05, 0.1) is 24.8 Å². The van der Waals surface area contributed by atoms with Crippen LogP contribution in [0.3, 0.4) is 0 Å². The van der Waals surface area contributed by atoms with Gasteiger partial charge in [0.1, 0.15) is 6.61 Å². The van der Waals surface area contributed by atoms with Gasteiger partial charge in [-0.15, -0.1) is 0 Å². The lowest BCUT2D eigenvalue weighted by Crippen LogP contribution is -2.45. The first-order valence-electron chi connectivity index (χ1n) is 9.73. The van der Waals surface area contributed by atoms with Crippen LogP contribution in [0, 0.1) is 0 Å². The molecule has 1 aliphatic heterocycles. The molecule has 3 rings (SSSR count). The molecule has 0 radical (unpaired) electrons. The average molecular weight is 410 g/mol. The summed E-state index contributed by atoms with van der Waals surface area (Å²) in [5, 5.41) is 5.45. The minimum Gasteiger partial charge on any atom is -0.493 e. The summed E-state index contributed by atoms with van der Waals surface area (Å²) >= 11 is 0. The number of ether oxygens (including phenoxy) is 3. The molecular weight excluding hydrogens is 384 g/mol. The molecule has 1 heterocycles. The van der Waals surface area contributed by atoms with E-state index in [1.807, 2.05) is 44.2 Å². The maximum Gasteiger partial charge on any atom is 0.338 e. The molecule has 0 fully saturated rings. The van der Waals surface area contributed by atoms with E-state index in [1.165, 1.54) is 0 Å². The van der Waals surface area contributed by atoms with Crippen LogP contribution in [0.25, 0.3) is 0 Å². The summed E-state index contributed by atoms with van der Waals surface area (Å²) in [5.41, 5.74) is 2.35. The first kappa shape index (κ1) is 21.2. The van der Waals surface area contributed by atoms with Crippen molar-refractivity contribution in [3.8, 4) is 11.5 Å². The van der Waals surface area contributed by atoms with Gasteiger partial charge < -0.3 is 24.8 Å². The highest BCUT2D eigenvalue weighted by Crippen LogP contribution is 2.35. The molecule has 2 aromatic rings. The predicted molar refractivity (Wildman–Crippen MR) is 112 cm³/mol. The van der Waals surface area contributed by atoms with Gasteiger partial charge in [-0.25, -0.2) is 9.59 Å². The molecule has 7 heteroatoms. The predicted octanol–water partition coefficient (Wildman–Crippen LogP) is 3.85. The number of amides is 2. The highest BCUT2D eigenvalue weighted by molar-refractivity contribution is 5.95. The molecule has 0 spiro atoms. The van der Waals surface area contributed by atoms with Gasteiger partial charge in [0, 0.05) is 5.70 Å². The highest BCUT2D eigenvalue weighted by Gasteiger charge is 2.32. The van der Waals surface area contributed by atoms with Gasteiger partial charge in [0.2, 0.25) is 0 Å². The van der Waals surface area contributed by atoms with Gasteiger partial charge in [0.15, 0.2) is 11.5 Å². The van der Waals surface area contributed by atoms with Crippen LogP contribution in [0.4, 0.5) is 4.79 Å². The van der Waals surface area contributed by atoms with Crippen LogP contribution in [0.2, 0.25) is 0 Å². The zero-order chi connectivity index (χ0) is 21.7. The molecule has 0 saturated heterocycles. The number of hydrogen-bond acceptors (Lipinski definition) is 5. The SMILES string of the molecule is COc1cc(C2NC(=O)NC(C)=C2C(=O)OCc2ccccc2)ccc1OC(C)C. The Morgan fingerprint density at radius 1 is 1.10 bits per heavy atom. The van der Waals surface area contributed by atoms with Crippen molar-refractivity contribution in [1.82, 2.24) is 10.6 Å². The van der Waals surface area contributed by atoms with Crippen molar-refractivity contribution in [3.05, 3.63) is 70.9 Å². The molecule has 0 aliphatic carbocycles. The van der Waals surface area contributed by atoms with Crippen molar-refractivity contribution >= 4 is 12.0 Å². The second-order valence-electron chi connectivity index (χ2n) is 7.21. The van der Waals surface area contributed by atoms with E-state index in [9.17, 15) is 9.59 Å². The van der Waals surface area contributed by atoms with Gasteiger partial charge >= 0.3 is 12.0 Å². The van der Waals surface area contributed by atoms with Crippen LogP contribution in [0.5, 0.6) is 11.5 Å². The smallest absolute Gasteiger partial charge is 0.338 e. The number of carbonyl (C=O) groups excluding carboxylic acids is 2. The van der Waals surface area contributed by atoms with Crippen LogP contribution < -0.4 is 20.1 Å². The molecule has 2 N–H and O–H groups in total. The van der Waals surface area contributed by atoms with E-state index < -0.39 is 18.0 Å². The van der Waals surface area contributed by atoms with Gasteiger partial charge in [-0.1, -0.05) is 36.4 Å². The summed E-state index contributed by atoms with van der Waals surface area (Å²) in [7, 11) is 1.55. The van der Waals surface area contributed by atoms with Crippen LogP contribution in [0.1, 0.15) is 37.9 Å². The lowest BCUT2D eigenvalue weighted by Gasteiger charge is -2.28. The Morgan fingerprint density at radius 3 is 2.50 bits per heavy atom. The molecule has 158 valence electrons. The molecule has 1 atom stereocenters. The Balaban J connectivity index is 1.88. The van der Waals surface area contributed by atoms with Crippen molar-refractivity contribution in [2.45, 2.75) is 39.5 Å². The summed E-state index contributed by atoms with van der Waals surface area (Å²) in [6, 6.07) is 13.7. The average Bonchev–Trinajstić information content (AvgIpc) is 2.72. The minimum atomic E-state index is -0.677. The number of urea groups is 1. The molecule has 7 nitrogen and oxygen atoms in total. The fraction of sp³-hybridized carbons (Fsp3) is 0.304. The summed E-state index contributed by atoms with van der Waals surface area (Å²) in [5.74, 6) is 0.601. The Hall–Kier alpha value is -3.48. The Morgan fingerprint density at radius 2 is 1.83 bits per heavy atom. The van der Waals surface area contributed by atoms with E-state index in [2.05, 4.69) is 10.6 Å². The quantitative estimate of drug-likeness (QED) is 0.677. The van der Waals surface area contributed by atoms with Crippen molar-refractivity contribution in [3.63, 3.8) is 0 Å². The molecule has 0 saturated carbocycles. The van der Waals surface area contributed by atoms with Crippen molar-refractivity contribution < 1.29 is 23.8 Å². The lowest BCUT2D eigenvalue weighted by atomic mass is 9.95. The van der Waals surface area contributed by atoms with E-state index >= 15 is 0 Å². The molecule has 1 aliphatic rings. The van der Waals surface area contributed by atoms with Gasteiger partial charge in [-0.3, -0.25) is 0 Å². The Bertz CT molecular complexity index is 953. The molecular formula is C23H26N2O5. The number of allylic oxidation sites excluding steroid dienone is 1. The largest absolute Gasteiger partial charge is 0.493 e. The Labute approximate surface area is 176 Å². The lowest BCUT2D eigenvalue weighted by molar-refractivity contribution is -0.140. The second-order valence-corrected chi connectivity index (χ2v) is 7.21. The van der Waals surface area contributed by atoms with Crippen molar-refractivity contribution in [1.29, 1.82) is 0 Å². The minimum absolute atomic E-state index is 0.0194. The second kappa shape index (κ2) is 9.35. The number of nitrogens with one attached hydrogen (secondary N) is 2. The van der Waals surface area contributed by atoms with Crippen LogP contribution in [-0.2, 0) is 16.1 Å². The highest BCUT2D eigenvalue weighted by atomic mass is 16.5. The molecule has 30 heavy (non-hydrogen) atoms. The molecule has 1 unspecified atom stereocenters. The number of rotatable bonds is 7. The van der Waals surface area contributed by atoms with E-state index in [0.717, 1.165) is 5.56 Å². The summed E-state index contributed by atoms with van der Waals surface area (Å²) < 4.78 is 16.7. The first-order chi connectivity index (χ1) is 14.4. The summed E-state index contributed by atoms with van der Waals surface area (Å²) in [6.07, 6.45) is -0.0194. The van der Waals surface area contributed by atoms with E-state index in [1.54, 1.807) is 32.2 Å². The summed E-state index contributed by atoms with van der Waals surface area (Å²) in [4.78, 5) is 25.0. The maximum absolute atomic E-state index is 12.9. The van der Waals surface area contributed by atoms with Crippen molar-refractivity contribution in [2.24, 2.45) is 0 Å². The first-order valence-corrected chi connectivity index (χ1v) is 9.73. The third-order valence-electron chi connectivity index (χ3n) is 4.59. The van der Waals surface area contributed by atoms with E-state index in [-0.39, 0.29) is 12.7 Å². The van der Waals surface area contributed by atoms with Gasteiger partial charge in [0.25, 0.3) is 0 Å². The normalized spacial score (nSPS) is 16.0. The van der Waals surface area contributed by atoms with Gasteiger partial charge in [-0.2, -0.15) is 0 Å². The zero-order valence-electron chi connectivity index (χ0n) is 17.5. The maximum atomic E-state index is 12.9. The van der Waals surface area contributed by atoms with Crippen molar-refractivity contribution in [2.75, 3.05) is 7.11 Å². The zero-order valence-corrected chi connectivity index (χ0v) is 17.5. The van der Waals surface area contributed by atoms with Crippen LogP contribution in [0.15, 0.2) is 59.8 Å². The van der Waals surface area contributed by atoms with E-state index in [4.69, 9.17) is 14.2 Å².